The van der Waals surface area contributed by atoms with Crippen LogP contribution >= 0.6 is 0 Å². The number of ether oxygens (including phenoxy) is 1. The first-order valence-corrected chi connectivity index (χ1v) is 4.64. The molecular formula is C5H11NO4S. The maximum absolute atomic E-state index is 9.99. The fraction of sp³-hybridized carbons (Fsp3) is 1.00. The van der Waals surface area contributed by atoms with Crippen LogP contribution in [0.3, 0.4) is 0 Å². The molecule has 6 heteroatoms. The number of nitrogens with one attached hydrogen (secondary N) is 1. The molecule has 0 amide bonds. The van der Waals surface area contributed by atoms with Gasteiger partial charge in [0.2, 0.25) is 10.9 Å². The summed E-state index contributed by atoms with van der Waals surface area (Å²) in [7, 11) is -2.68. The zero-order valence-corrected chi connectivity index (χ0v) is 6.88. The Morgan fingerprint density at radius 1 is 1.45 bits per heavy atom. The first-order valence-electron chi connectivity index (χ1n) is 3.46. The third-order valence-corrected chi connectivity index (χ3v) is 1.65. The highest BCUT2D eigenvalue weighted by atomic mass is 32.2. The van der Waals surface area contributed by atoms with Gasteiger partial charge in [-0.15, -0.1) is 0 Å². The third-order valence-electron chi connectivity index (χ3n) is 1.40. The van der Waals surface area contributed by atoms with Crippen molar-refractivity contribution in [1.29, 1.82) is 0 Å². The van der Waals surface area contributed by atoms with Gasteiger partial charge in [0.1, 0.15) is 0 Å². The standard InChI is InChI=1S/C5H11NO4S/c7-11(8)6-10-5-3-1-2-4-9-5/h5,11H,1-4H2,(H,6,7,8). The Morgan fingerprint density at radius 2 is 2.27 bits per heavy atom. The van der Waals surface area contributed by atoms with Crippen molar-refractivity contribution < 1.29 is 18.0 Å². The summed E-state index contributed by atoms with van der Waals surface area (Å²) in [6, 6.07) is 0. The number of hydrogen-bond acceptors (Lipinski definition) is 4. The number of thiol groups is 1. The summed E-state index contributed by atoms with van der Waals surface area (Å²) in [5.41, 5.74) is 0. The summed E-state index contributed by atoms with van der Waals surface area (Å²) < 4.78 is 25.1. The summed E-state index contributed by atoms with van der Waals surface area (Å²) in [5.74, 6) is 0. The van der Waals surface area contributed by atoms with Crippen LogP contribution in [0.4, 0.5) is 0 Å². The molecule has 0 aromatic rings. The molecule has 1 saturated heterocycles. The molecule has 0 aromatic carbocycles. The van der Waals surface area contributed by atoms with E-state index in [1.165, 1.54) is 0 Å². The molecule has 1 unspecified atom stereocenters. The average Bonchev–Trinajstić information content (AvgIpc) is 2.03. The fourth-order valence-corrected chi connectivity index (χ4v) is 1.11. The molecule has 1 atom stereocenters. The van der Waals surface area contributed by atoms with E-state index in [2.05, 4.69) is 4.84 Å². The molecule has 5 nitrogen and oxygen atoms in total. The topological polar surface area (TPSA) is 64.6 Å². The van der Waals surface area contributed by atoms with Gasteiger partial charge in [-0.25, -0.2) is 8.42 Å². The Labute approximate surface area is 66.7 Å². The molecule has 0 spiro atoms. The summed E-state index contributed by atoms with van der Waals surface area (Å²) in [6.45, 7) is 0.641. The first kappa shape index (κ1) is 8.92. The second kappa shape index (κ2) is 4.66. The van der Waals surface area contributed by atoms with E-state index in [0.717, 1.165) is 19.3 Å². The molecule has 11 heavy (non-hydrogen) atoms. The lowest BCUT2D eigenvalue weighted by atomic mass is 10.2. The quantitative estimate of drug-likeness (QED) is 0.457. The van der Waals surface area contributed by atoms with E-state index < -0.39 is 17.2 Å². The highest BCUT2D eigenvalue weighted by Crippen LogP contribution is 2.12. The van der Waals surface area contributed by atoms with Crippen molar-refractivity contribution in [2.45, 2.75) is 25.6 Å². The van der Waals surface area contributed by atoms with Gasteiger partial charge in [-0.2, -0.15) is 0 Å². The van der Waals surface area contributed by atoms with Crippen molar-refractivity contribution in [3.8, 4) is 0 Å². The van der Waals surface area contributed by atoms with Gasteiger partial charge in [0.15, 0.2) is 6.29 Å². The monoisotopic (exact) mass is 181 g/mol. The Bertz CT molecular complexity index is 167. The second-order valence-corrected chi connectivity index (χ2v) is 2.96. The Balaban J connectivity index is 2.14. The molecule has 66 valence electrons. The zero-order valence-electron chi connectivity index (χ0n) is 5.99. The summed E-state index contributed by atoms with van der Waals surface area (Å²) in [6.07, 6.45) is 2.37. The maximum Gasteiger partial charge on any atom is 0.223 e. The van der Waals surface area contributed by atoms with E-state index in [0.29, 0.717) is 6.61 Å². The maximum atomic E-state index is 9.99. The van der Waals surface area contributed by atoms with Gasteiger partial charge in [-0.1, -0.05) is 4.89 Å². The van der Waals surface area contributed by atoms with Gasteiger partial charge in [-0.05, 0) is 12.8 Å². The van der Waals surface area contributed by atoms with E-state index in [4.69, 9.17) is 4.74 Å². The van der Waals surface area contributed by atoms with Gasteiger partial charge in [-0.3, -0.25) is 4.84 Å². The minimum atomic E-state index is -2.68. The van der Waals surface area contributed by atoms with Crippen molar-refractivity contribution in [3.63, 3.8) is 0 Å². The molecule has 0 saturated carbocycles. The molecule has 1 aliphatic rings. The Hall–Kier alpha value is -0.170. The largest absolute Gasteiger partial charge is 0.351 e. The summed E-state index contributed by atoms with van der Waals surface area (Å²) in [4.78, 5) is 6.52. The van der Waals surface area contributed by atoms with Crippen molar-refractivity contribution in [2.75, 3.05) is 6.61 Å². The molecule has 1 N–H and O–H groups in total. The normalized spacial score (nSPS) is 25.7. The van der Waals surface area contributed by atoms with Crippen LogP contribution in [0.25, 0.3) is 0 Å². The first-order chi connectivity index (χ1) is 5.29. The minimum Gasteiger partial charge on any atom is -0.351 e. The Kier molecular flexibility index (Phi) is 3.78. The minimum absolute atomic E-state index is 0.406. The molecule has 0 aromatic heterocycles. The van der Waals surface area contributed by atoms with Gasteiger partial charge in [0.25, 0.3) is 0 Å². The van der Waals surface area contributed by atoms with E-state index in [9.17, 15) is 8.42 Å². The van der Waals surface area contributed by atoms with E-state index in [-0.39, 0.29) is 0 Å². The highest BCUT2D eigenvalue weighted by molar-refractivity contribution is 7.70. The van der Waals surface area contributed by atoms with E-state index in [1.807, 2.05) is 4.89 Å². The van der Waals surface area contributed by atoms with Crippen LogP contribution in [0.1, 0.15) is 19.3 Å². The van der Waals surface area contributed by atoms with Crippen LogP contribution in [0, 0.1) is 0 Å². The smallest absolute Gasteiger partial charge is 0.223 e. The zero-order chi connectivity index (χ0) is 8.10. The molecule has 1 fully saturated rings. The van der Waals surface area contributed by atoms with Crippen LogP contribution in [0.5, 0.6) is 0 Å². The van der Waals surface area contributed by atoms with Crippen molar-refractivity contribution >= 4 is 10.9 Å². The van der Waals surface area contributed by atoms with E-state index >= 15 is 0 Å². The third kappa shape index (κ3) is 3.66. The van der Waals surface area contributed by atoms with Crippen LogP contribution < -0.4 is 4.89 Å². The van der Waals surface area contributed by atoms with Gasteiger partial charge < -0.3 is 4.74 Å². The lowest BCUT2D eigenvalue weighted by molar-refractivity contribution is -0.178. The van der Waals surface area contributed by atoms with Crippen LogP contribution in [0.15, 0.2) is 0 Å². The van der Waals surface area contributed by atoms with Crippen LogP contribution in [0.2, 0.25) is 0 Å². The van der Waals surface area contributed by atoms with Crippen molar-refractivity contribution in [1.82, 2.24) is 4.89 Å². The van der Waals surface area contributed by atoms with Crippen LogP contribution in [-0.4, -0.2) is 21.3 Å². The molecule has 0 radical (unpaired) electrons. The molecule has 0 bridgehead atoms. The molecular weight excluding hydrogens is 170 g/mol. The molecule has 1 heterocycles. The number of hydrogen-bond donors (Lipinski definition) is 2. The van der Waals surface area contributed by atoms with E-state index in [1.54, 1.807) is 0 Å². The lowest BCUT2D eigenvalue weighted by Gasteiger charge is -2.20. The van der Waals surface area contributed by atoms with Crippen LogP contribution in [-0.2, 0) is 20.5 Å². The van der Waals surface area contributed by atoms with Crippen molar-refractivity contribution in [2.24, 2.45) is 0 Å². The summed E-state index contributed by atoms with van der Waals surface area (Å²) in [5, 5.41) is 0. The molecule has 1 rings (SSSR count). The van der Waals surface area contributed by atoms with Crippen molar-refractivity contribution in [3.05, 3.63) is 0 Å². The predicted octanol–water partition coefficient (Wildman–Crippen LogP) is -0.439. The average molecular weight is 181 g/mol. The highest BCUT2D eigenvalue weighted by Gasteiger charge is 2.13. The molecule has 1 aliphatic heterocycles. The lowest BCUT2D eigenvalue weighted by Crippen LogP contribution is -2.28. The predicted molar refractivity (Wildman–Crippen MR) is 38.1 cm³/mol. The number of rotatable bonds is 3. The fourth-order valence-electron chi connectivity index (χ4n) is 0.906. The van der Waals surface area contributed by atoms with Gasteiger partial charge in [0.05, 0.1) is 0 Å². The van der Waals surface area contributed by atoms with Gasteiger partial charge >= 0.3 is 0 Å². The molecule has 0 aliphatic carbocycles. The SMILES string of the molecule is O=[SH](=O)NOC1CCCCO1. The Morgan fingerprint density at radius 3 is 2.82 bits per heavy atom. The summed E-state index contributed by atoms with van der Waals surface area (Å²) >= 11 is 0. The second-order valence-electron chi connectivity index (χ2n) is 2.26. The van der Waals surface area contributed by atoms with Gasteiger partial charge in [0, 0.05) is 13.0 Å².